The number of fused-ring (bicyclic) bond motifs is 2. The summed E-state index contributed by atoms with van der Waals surface area (Å²) in [6.07, 6.45) is 9.36. The van der Waals surface area contributed by atoms with Crippen molar-refractivity contribution in [2.24, 2.45) is 0 Å². The number of hydrogen-bond acceptors (Lipinski definition) is 5. The van der Waals surface area contributed by atoms with Gasteiger partial charge in [0.15, 0.2) is 5.13 Å². The highest BCUT2D eigenvalue weighted by molar-refractivity contribution is 7.22. The summed E-state index contributed by atoms with van der Waals surface area (Å²) in [7, 11) is 0. The van der Waals surface area contributed by atoms with Gasteiger partial charge in [0, 0.05) is 48.7 Å². The zero-order valence-corrected chi connectivity index (χ0v) is 17.0. The average Bonchev–Trinajstić information content (AvgIpc) is 3.39. The molecule has 0 unspecified atom stereocenters. The van der Waals surface area contributed by atoms with E-state index >= 15 is 0 Å². The zero-order chi connectivity index (χ0) is 20.5. The summed E-state index contributed by atoms with van der Waals surface area (Å²) in [6, 6.07) is 11.9. The van der Waals surface area contributed by atoms with Gasteiger partial charge >= 0.3 is 6.03 Å². The number of amides is 2. The van der Waals surface area contributed by atoms with Crippen molar-refractivity contribution in [2.75, 3.05) is 11.9 Å². The molecule has 0 aliphatic heterocycles. The summed E-state index contributed by atoms with van der Waals surface area (Å²) in [6.45, 7) is 2.43. The first-order chi connectivity index (χ1) is 14.7. The molecule has 148 valence electrons. The first-order valence-electron chi connectivity index (χ1n) is 9.54. The molecule has 30 heavy (non-hydrogen) atoms. The van der Waals surface area contributed by atoms with Crippen molar-refractivity contribution in [3.05, 3.63) is 67.4 Å². The number of pyridine rings is 2. The van der Waals surface area contributed by atoms with Gasteiger partial charge in [0.1, 0.15) is 5.65 Å². The van der Waals surface area contributed by atoms with Gasteiger partial charge in [-0.1, -0.05) is 17.4 Å². The number of carbonyl (C=O) groups excluding carboxylic acids is 1. The van der Waals surface area contributed by atoms with Crippen molar-refractivity contribution in [1.29, 1.82) is 0 Å². The Morgan fingerprint density at radius 1 is 1.13 bits per heavy atom. The Labute approximate surface area is 176 Å². The highest BCUT2D eigenvalue weighted by Gasteiger charge is 2.15. The Morgan fingerprint density at radius 2 is 2.07 bits per heavy atom. The number of hydrogen-bond donors (Lipinski definition) is 2. The molecule has 5 aromatic rings. The Morgan fingerprint density at radius 3 is 2.90 bits per heavy atom. The van der Waals surface area contributed by atoms with Gasteiger partial charge in [0.25, 0.3) is 0 Å². The van der Waals surface area contributed by atoms with E-state index in [1.54, 1.807) is 12.4 Å². The normalized spacial score (nSPS) is 11.1. The van der Waals surface area contributed by atoms with Crippen LogP contribution in [0.1, 0.15) is 6.92 Å². The maximum Gasteiger partial charge on any atom is 0.321 e. The molecule has 0 aliphatic carbocycles. The molecule has 2 amide bonds. The fourth-order valence-corrected chi connectivity index (χ4v) is 4.36. The molecule has 0 spiro atoms. The number of benzene rings is 1. The molecule has 7 nitrogen and oxygen atoms in total. The van der Waals surface area contributed by atoms with E-state index in [-0.39, 0.29) is 6.03 Å². The van der Waals surface area contributed by atoms with Crippen molar-refractivity contribution in [1.82, 2.24) is 24.7 Å². The molecule has 5 rings (SSSR count). The largest absolute Gasteiger partial charge is 0.338 e. The molecule has 4 aromatic heterocycles. The van der Waals surface area contributed by atoms with Crippen molar-refractivity contribution in [3.8, 4) is 22.3 Å². The third kappa shape index (κ3) is 3.37. The topological polar surface area (TPSA) is 84.2 Å². The quantitative estimate of drug-likeness (QED) is 0.442. The molecule has 0 aliphatic rings. The number of urea groups is 1. The van der Waals surface area contributed by atoms with E-state index in [0.29, 0.717) is 11.7 Å². The van der Waals surface area contributed by atoms with Gasteiger partial charge < -0.3 is 9.72 Å². The summed E-state index contributed by atoms with van der Waals surface area (Å²) in [5, 5.41) is 6.11. The standard InChI is InChI=1S/C22H18N6OS/c1-2-24-21(29)27-22-26-18-11-16(15-5-6-19-25-8-9-28(19)13-15)10-17(20(18)30-22)14-4-3-7-23-12-14/h3-13H,2H2,1H3,(H2,24,26,27,29). The second-order valence-corrected chi connectivity index (χ2v) is 7.73. The van der Waals surface area contributed by atoms with Crippen LogP contribution in [0.3, 0.4) is 0 Å². The fraction of sp³-hybridized carbons (Fsp3) is 0.0909. The first-order valence-corrected chi connectivity index (χ1v) is 10.4. The number of anilines is 1. The Hall–Kier alpha value is -3.78. The summed E-state index contributed by atoms with van der Waals surface area (Å²) in [5.41, 5.74) is 5.85. The monoisotopic (exact) mass is 414 g/mol. The number of rotatable bonds is 4. The predicted octanol–water partition coefficient (Wildman–Crippen LogP) is 4.81. The fourth-order valence-electron chi connectivity index (χ4n) is 3.38. The first kappa shape index (κ1) is 18.3. The van der Waals surface area contributed by atoms with Crippen LogP contribution in [0.2, 0.25) is 0 Å². The van der Waals surface area contributed by atoms with Crippen LogP contribution < -0.4 is 10.6 Å². The summed E-state index contributed by atoms with van der Waals surface area (Å²) < 4.78 is 2.99. The van der Waals surface area contributed by atoms with E-state index in [0.717, 1.165) is 38.1 Å². The van der Waals surface area contributed by atoms with Crippen molar-refractivity contribution >= 4 is 38.4 Å². The Kier molecular flexibility index (Phi) is 4.61. The summed E-state index contributed by atoms with van der Waals surface area (Å²) in [4.78, 5) is 25.2. The minimum Gasteiger partial charge on any atom is -0.338 e. The molecule has 0 bridgehead atoms. The van der Waals surface area contributed by atoms with Crippen molar-refractivity contribution in [2.45, 2.75) is 6.92 Å². The van der Waals surface area contributed by atoms with E-state index in [1.807, 2.05) is 48.0 Å². The lowest BCUT2D eigenvalue weighted by atomic mass is 10.00. The molecule has 4 heterocycles. The van der Waals surface area contributed by atoms with Gasteiger partial charge in [-0.15, -0.1) is 0 Å². The third-order valence-corrected chi connectivity index (χ3v) is 5.76. The number of carbonyl (C=O) groups is 1. The average molecular weight is 414 g/mol. The zero-order valence-electron chi connectivity index (χ0n) is 16.2. The second kappa shape index (κ2) is 7.57. The maximum absolute atomic E-state index is 12.0. The van der Waals surface area contributed by atoms with Gasteiger partial charge in [-0.2, -0.15) is 0 Å². The third-order valence-electron chi connectivity index (χ3n) is 4.74. The predicted molar refractivity (Wildman–Crippen MR) is 120 cm³/mol. The van der Waals surface area contributed by atoms with E-state index in [9.17, 15) is 4.79 Å². The van der Waals surface area contributed by atoms with E-state index in [2.05, 4.69) is 43.9 Å². The van der Waals surface area contributed by atoms with Crippen LogP contribution in [0.4, 0.5) is 9.93 Å². The van der Waals surface area contributed by atoms with Crippen LogP contribution in [0.15, 0.2) is 67.4 Å². The van der Waals surface area contributed by atoms with E-state index < -0.39 is 0 Å². The SMILES string of the molecule is CCNC(=O)Nc1nc2cc(-c3ccc4nccn4c3)cc(-c3cccnc3)c2s1. The molecule has 0 atom stereocenters. The van der Waals surface area contributed by atoms with Crippen LogP contribution in [-0.4, -0.2) is 31.9 Å². The summed E-state index contributed by atoms with van der Waals surface area (Å²) in [5.74, 6) is 0. The van der Waals surface area contributed by atoms with Gasteiger partial charge in [0.2, 0.25) is 0 Å². The summed E-state index contributed by atoms with van der Waals surface area (Å²) >= 11 is 1.45. The minimum atomic E-state index is -0.259. The molecule has 0 saturated carbocycles. The molecule has 0 radical (unpaired) electrons. The highest BCUT2D eigenvalue weighted by Crippen LogP contribution is 2.38. The lowest BCUT2D eigenvalue weighted by Crippen LogP contribution is -2.28. The highest BCUT2D eigenvalue weighted by atomic mass is 32.1. The smallest absolute Gasteiger partial charge is 0.321 e. The number of imidazole rings is 1. The molecule has 8 heteroatoms. The molecule has 0 fully saturated rings. The van der Waals surface area contributed by atoms with Crippen molar-refractivity contribution in [3.63, 3.8) is 0 Å². The van der Waals surface area contributed by atoms with Crippen LogP contribution in [0.25, 0.3) is 38.1 Å². The Balaban J connectivity index is 1.67. The van der Waals surface area contributed by atoms with Gasteiger partial charge in [-0.3, -0.25) is 10.3 Å². The van der Waals surface area contributed by atoms with Crippen LogP contribution in [-0.2, 0) is 0 Å². The molecular formula is C22H18N6OS. The van der Waals surface area contributed by atoms with Gasteiger partial charge in [-0.05, 0) is 48.4 Å². The molecule has 1 aromatic carbocycles. The van der Waals surface area contributed by atoms with Crippen LogP contribution in [0, 0.1) is 0 Å². The molecule has 0 saturated heterocycles. The van der Waals surface area contributed by atoms with Gasteiger partial charge in [0.05, 0.1) is 10.2 Å². The lowest BCUT2D eigenvalue weighted by molar-refractivity contribution is 0.252. The number of thiazole rings is 1. The van der Waals surface area contributed by atoms with Crippen LogP contribution in [0.5, 0.6) is 0 Å². The van der Waals surface area contributed by atoms with E-state index in [1.165, 1.54) is 11.3 Å². The van der Waals surface area contributed by atoms with Crippen LogP contribution >= 0.6 is 11.3 Å². The van der Waals surface area contributed by atoms with Crippen molar-refractivity contribution < 1.29 is 4.79 Å². The minimum absolute atomic E-state index is 0.259. The molecular weight excluding hydrogens is 396 g/mol. The number of nitrogens with zero attached hydrogens (tertiary/aromatic N) is 4. The van der Waals surface area contributed by atoms with E-state index in [4.69, 9.17) is 0 Å². The Bertz CT molecular complexity index is 1360. The maximum atomic E-state index is 12.0. The van der Waals surface area contributed by atoms with Gasteiger partial charge in [-0.25, -0.2) is 14.8 Å². The molecule has 2 N–H and O–H groups in total. The lowest BCUT2D eigenvalue weighted by Gasteiger charge is -2.08. The number of nitrogens with one attached hydrogen (secondary N) is 2. The number of aromatic nitrogens is 4. The second-order valence-electron chi connectivity index (χ2n) is 6.73.